The van der Waals surface area contributed by atoms with Gasteiger partial charge in [-0.25, -0.2) is 9.67 Å². The highest BCUT2D eigenvalue weighted by atomic mass is 16.5. The molecule has 0 amide bonds. The Bertz CT molecular complexity index is 1090. The van der Waals surface area contributed by atoms with E-state index in [1.807, 2.05) is 66.3 Å². The number of benzene rings is 2. The molecule has 8 heteroatoms. The van der Waals surface area contributed by atoms with Crippen molar-refractivity contribution >= 4 is 5.69 Å². The summed E-state index contributed by atoms with van der Waals surface area (Å²) in [7, 11) is 3.51. The molecule has 0 aliphatic carbocycles. The monoisotopic (exact) mass is 376 g/mol. The molecule has 4 rings (SSSR count). The van der Waals surface area contributed by atoms with Crippen LogP contribution in [0.1, 0.15) is 11.8 Å². The maximum Gasteiger partial charge on any atom is 0.150 e. The zero-order chi connectivity index (χ0) is 19.5. The minimum atomic E-state index is -0.882. The fourth-order valence-corrected chi connectivity index (χ4v) is 2.90. The number of methoxy groups -OCH3 is 1. The van der Waals surface area contributed by atoms with Crippen molar-refractivity contribution < 1.29 is 9.84 Å². The van der Waals surface area contributed by atoms with Crippen LogP contribution in [0.25, 0.3) is 17.1 Å². The van der Waals surface area contributed by atoms with Crippen LogP contribution >= 0.6 is 0 Å². The molecular formula is C20H20N6O2. The van der Waals surface area contributed by atoms with Crippen molar-refractivity contribution in [2.75, 3.05) is 12.4 Å². The smallest absolute Gasteiger partial charge is 0.150 e. The van der Waals surface area contributed by atoms with E-state index in [2.05, 4.69) is 20.6 Å². The number of hydrogen-bond acceptors (Lipinski definition) is 6. The Hall–Kier alpha value is -3.65. The third-order valence-electron chi connectivity index (χ3n) is 4.40. The van der Waals surface area contributed by atoms with Crippen LogP contribution in [0.3, 0.4) is 0 Å². The number of anilines is 1. The van der Waals surface area contributed by atoms with Crippen LogP contribution in [-0.2, 0) is 7.05 Å². The van der Waals surface area contributed by atoms with E-state index in [1.165, 1.54) is 0 Å². The Kier molecular flexibility index (Phi) is 4.77. The summed E-state index contributed by atoms with van der Waals surface area (Å²) in [6.45, 7) is 0. The summed E-state index contributed by atoms with van der Waals surface area (Å²) in [5, 5.41) is 22.1. The van der Waals surface area contributed by atoms with Gasteiger partial charge in [0.05, 0.1) is 37.2 Å². The summed E-state index contributed by atoms with van der Waals surface area (Å²) in [5.41, 5.74) is 3.86. The lowest BCUT2D eigenvalue weighted by molar-refractivity contribution is 0.208. The Morgan fingerprint density at radius 1 is 1.14 bits per heavy atom. The van der Waals surface area contributed by atoms with Gasteiger partial charge >= 0.3 is 0 Å². The molecule has 28 heavy (non-hydrogen) atoms. The summed E-state index contributed by atoms with van der Waals surface area (Å²) in [4.78, 5) is 4.11. The number of imidazole rings is 1. The number of rotatable bonds is 6. The zero-order valence-corrected chi connectivity index (χ0v) is 15.5. The first-order valence-electron chi connectivity index (χ1n) is 8.72. The Labute approximate surface area is 162 Å². The van der Waals surface area contributed by atoms with Crippen LogP contribution in [0.5, 0.6) is 5.75 Å². The van der Waals surface area contributed by atoms with Crippen LogP contribution in [0.2, 0.25) is 0 Å². The number of hydrogen-bond donors (Lipinski definition) is 2. The summed E-state index contributed by atoms with van der Waals surface area (Å²) < 4.78 is 8.77. The molecule has 4 aromatic rings. The van der Waals surface area contributed by atoms with Gasteiger partial charge in [0.1, 0.15) is 11.4 Å². The first-order valence-corrected chi connectivity index (χ1v) is 8.72. The van der Waals surface area contributed by atoms with E-state index in [0.29, 0.717) is 5.56 Å². The van der Waals surface area contributed by atoms with Gasteiger partial charge in [-0.1, -0.05) is 23.4 Å². The first-order chi connectivity index (χ1) is 13.6. The first kappa shape index (κ1) is 17.7. The summed E-state index contributed by atoms with van der Waals surface area (Å²) in [6, 6.07) is 14.9. The number of ether oxygens (including phenoxy) is 1. The Balaban J connectivity index is 1.56. The molecule has 1 atom stereocenters. The van der Waals surface area contributed by atoms with Gasteiger partial charge in [-0.05, 0) is 24.3 Å². The second kappa shape index (κ2) is 7.53. The molecule has 0 bridgehead atoms. The molecule has 2 N–H and O–H groups in total. The molecular weight excluding hydrogens is 356 g/mol. The van der Waals surface area contributed by atoms with Gasteiger partial charge in [-0.3, -0.25) is 0 Å². The standard InChI is InChI=1S/C20H20N6O2/c1-25-13-21-11-19(25)18-12-26(24-23-18)16-7-3-5-14(9-16)20(27)22-15-6-4-8-17(10-15)28-2/h3-13,20,22,27H,1-2H3. The third kappa shape index (κ3) is 3.58. The molecule has 2 aromatic heterocycles. The SMILES string of the molecule is COc1cccc(NC(O)c2cccc(-n3cc(-c4cncn4C)nn3)c2)c1. The van der Waals surface area contributed by atoms with Crippen molar-refractivity contribution in [2.45, 2.75) is 6.23 Å². The van der Waals surface area contributed by atoms with Gasteiger partial charge in [0.15, 0.2) is 6.23 Å². The number of nitrogens with one attached hydrogen (secondary N) is 1. The lowest BCUT2D eigenvalue weighted by atomic mass is 10.1. The molecule has 0 aliphatic rings. The molecule has 0 radical (unpaired) electrons. The van der Waals surface area contributed by atoms with E-state index in [4.69, 9.17) is 4.74 Å². The lowest BCUT2D eigenvalue weighted by Crippen LogP contribution is -2.10. The van der Waals surface area contributed by atoms with E-state index in [9.17, 15) is 5.11 Å². The van der Waals surface area contributed by atoms with Crippen molar-refractivity contribution in [3.05, 3.63) is 72.8 Å². The highest BCUT2D eigenvalue weighted by molar-refractivity contribution is 5.53. The van der Waals surface area contributed by atoms with Crippen molar-refractivity contribution in [3.8, 4) is 22.8 Å². The molecule has 0 spiro atoms. The highest BCUT2D eigenvalue weighted by Crippen LogP contribution is 2.23. The lowest BCUT2D eigenvalue weighted by Gasteiger charge is -2.16. The average molecular weight is 376 g/mol. The third-order valence-corrected chi connectivity index (χ3v) is 4.40. The van der Waals surface area contributed by atoms with E-state index in [-0.39, 0.29) is 0 Å². The minimum absolute atomic E-state index is 0.706. The molecule has 0 saturated heterocycles. The molecule has 142 valence electrons. The molecule has 2 aromatic carbocycles. The molecule has 8 nitrogen and oxygen atoms in total. The number of aromatic nitrogens is 5. The molecule has 0 fully saturated rings. The predicted octanol–water partition coefficient (Wildman–Crippen LogP) is 2.78. The fourth-order valence-electron chi connectivity index (χ4n) is 2.90. The zero-order valence-electron chi connectivity index (χ0n) is 15.5. The van der Waals surface area contributed by atoms with Gasteiger partial charge in [0.25, 0.3) is 0 Å². The molecule has 1 unspecified atom stereocenters. The molecule has 2 heterocycles. The van der Waals surface area contributed by atoms with Gasteiger partial charge in [-0.15, -0.1) is 5.10 Å². The second-order valence-electron chi connectivity index (χ2n) is 6.31. The fraction of sp³-hybridized carbons (Fsp3) is 0.150. The maximum absolute atomic E-state index is 10.6. The number of aliphatic hydroxyl groups excluding tert-OH is 1. The van der Waals surface area contributed by atoms with Crippen molar-refractivity contribution in [1.29, 1.82) is 0 Å². The Morgan fingerprint density at radius 3 is 2.79 bits per heavy atom. The van der Waals surface area contributed by atoms with Crippen molar-refractivity contribution in [3.63, 3.8) is 0 Å². The van der Waals surface area contributed by atoms with Crippen LogP contribution in [0.4, 0.5) is 5.69 Å². The quantitative estimate of drug-likeness (QED) is 0.503. The van der Waals surface area contributed by atoms with Crippen molar-refractivity contribution in [1.82, 2.24) is 24.5 Å². The number of nitrogens with zero attached hydrogens (tertiary/aromatic N) is 5. The van der Waals surface area contributed by atoms with Gasteiger partial charge < -0.3 is 19.7 Å². The Morgan fingerprint density at radius 2 is 2.00 bits per heavy atom. The average Bonchev–Trinajstić information content (AvgIpc) is 3.37. The van der Waals surface area contributed by atoms with E-state index in [0.717, 1.165) is 28.5 Å². The summed E-state index contributed by atoms with van der Waals surface area (Å²) in [6.07, 6.45) is 4.41. The molecule has 0 saturated carbocycles. The van der Waals surface area contributed by atoms with E-state index >= 15 is 0 Å². The largest absolute Gasteiger partial charge is 0.497 e. The van der Waals surface area contributed by atoms with Gasteiger partial charge in [0, 0.05) is 24.4 Å². The summed E-state index contributed by atoms with van der Waals surface area (Å²) in [5.74, 6) is 0.719. The van der Waals surface area contributed by atoms with Crippen LogP contribution in [-0.4, -0.2) is 36.8 Å². The highest BCUT2D eigenvalue weighted by Gasteiger charge is 2.12. The van der Waals surface area contributed by atoms with Crippen LogP contribution in [0.15, 0.2) is 67.3 Å². The normalized spacial score (nSPS) is 12.0. The minimum Gasteiger partial charge on any atom is -0.497 e. The van der Waals surface area contributed by atoms with E-state index in [1.54, 1.807) is 24.3 Å². The summed E-state index contributed by atoms with van der Waals surface area (Å²) >= 11 is 0. The van der Waals surface area contributed by atoms with Gasteiger partial charge in [-0.2, -0.15) is 0 Å². The van der Waals surface area contributed by atoms with E-state index < -0.39 is 6.23 Å². The van der Waals surface area contributed by atoms with Crippen molar-refractivity contribution in [2.24, 2.45) is 7.05 Å². The topological polar surface area (TPSA) is 90.0 Å². The predicted molar refractivity (Wildman–Crippen MR) is 105 cm³/mol. The maximum atomic E-state index is 10.6. The number of aliphatic hydroxyl groups is 1. The second-order valence-corrected chi connectivity index (χ2v) is 6.31. The van der Waals surface area contributed by atoms with Gasteiger partial charge in [0.2, 0.25) is 0 Å². The van der Waals surface area contributed by atoms with Crippen LogP contribution < -0.4 is 10.1 Å². The van der Waals surface area contributed by atoms with Crippen LogP contribution in [0, 0.1) is 0 Å². The number of aryl methyl sites for hydroxylation is 1. The molecule has 0 aliphatic heterocycles.